The Balaban J connectivity index is 1.27. The number of hydrogen-bond donors (Lipinski definition) is 0. The van der Waals surface area contributed by atoms with Crippen LogP contribution in [0.1, 0.15) is 18.4 Å². The third-order valence-corrected chi connectivity index (χ3v) is 5.74. The summed E-state index contributed by atoms with van der Waals surface area (Å²) in [5.74, 6) is 0.630. The lowest BCUT2D eigenvalue weighted by Crippen LogP contribution is -2.38. The van der Waals surface area contributed by atoms with Crippen LogP contribution in [0.25, 0.3) is 0 Å². The molecule has 0 aliphatic carbocycles. The molecule has 0 atom stereocenters. The number of amides is 2. The highest BCUT2D eigenvalue weighted by atomic mass is 16.5. The highest BCUT2D eigenvalue weighted by Gasteiger charge is 2.24. The average molecular weight is 424 g/mol. The summed E-state index contributed by atoms with van der Waals surface area (Å²) in [6.45, 7) is 4.82. The average Bonchev–Trinajstić information content (AvgIpc) is 2.83. The molecule has 164 valence electrons. The molecule has 0 bridgehead atoms. The van der Waals surface area contributed by atoms with Gasteiger partial charge >= 0.3 is 0 Å². The summed E-state index contributed by atoms with van der Waals surface area (Å²) in [5, 5.41) is 0. The zero-order valence-corrected chi connectivity index (χ0v) is 18.0. The van der Waals surface area contributed by atoms with Gasteiger partial charge in [-0.2, -0.15) is 0 Å². The molecule has 7 heteroatoms. The van der Waals surface area contributed by atoms with Gasteiger partial charge < -0.3 is 24.2 Å². The molecular weight excluding hydrogens is 394 g/mol. The molecule has 2 aliphatic heterocycles. The lowest BCUT2D eigenvalue weighted by Gasteiger charge is -2.29. The molecule has 0 radical (unpaired) electrons. The number of hydrogen-bond acceptors (Lipinski definition) is 5. The molecular formula is C24H29N3O4. The Morgan fingerprint density at radius 3 is 2.45 bits per heavy atom. The van der Waals surface area contributed by atoms with E-state index in [0.717, 1.165) is 37.6 Å². The van der Waals surface area contributed by atoms with Crippen LogP contribution in [0.3, 0.4) is 0 Å². The first-order chi connectivity index (χ1) is 15.1. The Labute approximate surface area is 183 Å². The zero-order chi connectivity index (χ0) is 21.6. The third-order valence-electron chi connectivity index (χ3n) is 5.74. The highest BCUT2D eigenvalue weighted by molar-refractivity contribution is 5.97. The normalized spacial score (nSPS) is 15.8. The fourth-order valence-electron chi connectivity index (χ4n) is 3.96. The van der Waals surface area contributed by atoms with Gasteiger partial charge in [0.05, 0.1) is 25.4 Å². The Morgan fingerprint density at radius 1 is 0.935 bits per heavy atom. The van der Waals surface area contributed by atoms with Gasteiger partial charge in [0.25, 0.3) is 0 Å². The SMILES string of the molecule is CN(Cc1ccc(N2CCOCC2)cc1)C(=O)CCC(=O)N1CCOc2ccccc21. The second-order valence-corrected chi connectivity index (χ2v) is 7.88. The number of nitrogens with zero attached hydrogens (tertiary/aromatic N) is 3. The van der Waals surface area contributed by atoms with Crippen molar-refractivity contribution in [1.82, 2.24) is 4.90 Å². The maximum absolute atomic E-state index is 12.7. The van der Waals surface area contributed by atoms with Gasteiger partial charge in [0, 0.05) is 45.2 Å². The Morgan fingerprint density at radius 2 is 1.68 bits per heavy atom. The van der Waals surface area contributed by atoms with Gasteiger partial charge in [-0.1, -0.05) is 24.3 Å². The summed E-state index contributed by atoms with van der Waals surface area (Å²) in [7, 11) is 1.78. The summed E-state index contributed by atoms with van der Waals surface area (Å²) in [6, 6.07) is 15.8. The van der Waals surface area contributed by atoms with Gasteiger partial charge in [0.2, 0.25) is 11.8 Å². The van der Waals surface area contributed by atoms with Crippen molar-refractivity contribution in [2.24, 2.45) is 0 Å². The molecule has 31 heavy (non-hydrogen) atoms. The minimum atomic E-state index is -0.0487. The fraction of sp³-hybridized carbons (Fsp3) is 0.417. The lowest BCUT2D eigenvalue weighted by molar-refractivity contribution is -0.132. The number of rotatable bonds is 6. The number of para-hydroxylation sites is 2. The van der Waals surface area contributed by atoms with Crippen molar-refractivity contribution in [3.05, 3.63) is 54.1 Å². The van der Waals surface area contributed by atoms with Crippen LogP contribution in [0.15, 0.2) is 48.5 Å². The molecule has 2 aromatic carbocycles. The number of benzene rings is 2. The van der Waals surface area contributed by atoms with Crippen molar-refractivity contribution in [3.8, 4) is 5.75 Å². The summed E-state index contributed by atoms with van der Waals surface area (Å²) in [4.78, 5) is 31.0. The van der Waals surface area contributed by atoms with Crippen molar-refractivity contribution in [2.75, 3.05) is 56.3 Å². The van der Waals surface area contributed by atoms with E-state index in [4.69, 9.17) is 9.47 Å². The molecule has 2 amide bonds. The number of carbonyl (C=O) groups excluding carboxylic acids is 2. The van der Waals surface area contributed by atoms with E-state index in [-0.39, 0.29) is 24.7 Å². The third kappa shape index (κ3) is 5.17. The molecule has 2 aliphatic rings. The van der Waals surface area contributed by atoms with E-state index >= 15 is 0 Å². The quantitative estimate of drug-likeness (QED) is 0.715. The summed E-state index contributed by atoms with van der Waals surface area (Å²) in [5.41, 5.74) is 3.03. The van der Waals surface area contributed by atoms with Gasteiger partial charge in [0.1, 0.15) is 12.4 Å². The van der Waals surface area contributed by atoms with E-state index in [1.807, 2.05) is 24.3 Å². The van der Waals surface area contributed by atoms with Gasteiger partial charge in [-0.05, 0) is 29.8 Å². The molecule has 2 heterocycles. The van der Waals surface area contributed by atoms with Crippen LogP contribution in [0.4, 0.5) is 11.4 Å². The first-order valence-corrected chi connectivity index (χ1v) is 10.8. The monoisotopic (exact) mass is 423 g/mol. The van der Waals surface area contributed by atoms with Crippen molar-refractivity contribution in [2.45, 2.75) is 19.4 Å². The number of ether oxygens (including phenoxy) is 2. The molecule has 0 unspecified atom stereocenters. The predicted molar refractivity (Wildman–Crippen MR) is 119 cm³/mol. The van der Waals surface area contributed by atoms with Crippen molar-refractivity contribution >= 4 is 23.2 Å². The first-order valence-electron chi connectivity index (χ1n) is 10.8. The number of fused-ring (bicyclic) bond motifs is 1. The lowest BCUT2D eigenvalue weighted by atomic mass is 10.1. The molecule has 1 saturated heterocycles. The largest absolute Gasteiger partial charge is 0.490 e. The molecule has 0 saturated carbocycles. The summed E-state index contributed by atoms with van der Waals surface area (Å²) in [6.07, 6.45) is 0.383. The minimum Gasteiger partial charge on any atom is -0.490 e. The zero-order valence-electron chi connectivity index (χ0n) is 18.0. The smallest absolute Gasteiger partial charge is 0.227 e. The molecule has 7 nitrogen and oxygen atoms in total. The standard InChI is InChI=1S/C24H29N3O4/c1-25(18-19-6-8-20(9-7-19)26-12-15-30-16-13-26)23(28)10-11-24(29)27-14-17-31-22-5-3-2-4-21(22)27/h2-9H,10-18H2,1H3. The predicted octanol–water partition coefficient (Wildman–Crippen LogP) is 2.69. The maximum Gasteiger partial charge on any atom is 0.227 e. The van der Waals surface area contributed by atoms with Crippen LogP contribution in [-0.2, 0) is 20.9 Å². The van der Waals surface area contributed by atoms with Crippen LogP contribution < -0.4 is 14.5 Å². The van der Waals surface area contributed by atoms with Crippen LogP contribution in [0.5, 0.6) is 5.75 Å². The van der Waals surface area contributed by atoms with Gasteiger partial charge in [-0.3, -0.25) is 9.59 Å². The van der Waals surface area contributed by atoms with Gasteiger partial charge in [-0.25, -0.2) is 0 Å². The van der Waals surface area contributed by atoms with Gasteiger partial charge in [-0.15, -0.1) is 0 Å². The Bertz CT molecular complexity index is 909. The molecule has 0 N–H and O–H groups in total. The van der Waals surface area contributed by atoms with Crippen LogP contribution >= 0.6 is 0 Å². The molecule has 0 spiro atoms. The van der Waals surface area contributed by atoms with E-state index in [2.05, 4.69) is 29.2 Å². The Hall–Kier alpha value is -3.06. The first kappa shape index (κ1) is 21.2. The summed E-state index contributed by atoms with van der Waals surface area (Å²) >= 11 is 0. The minimum absolute atomic E-state index is 0.0350. The number of morpholine rings is 1. The second kappa shape index (κ2) is 9.83. The molecule has 2 aromatic rings. The van der Waals surface area contributed by atoms with Crippen molar-refractivity contribution < 1.29 is 19.1 Å². The van der Waals surface area contributed by atoms with E-state index < -0.39 is 0 Å². The number of anilines is 2. The maximum atomic E-state index is 12.7. The van der Waals surface area contributed by atoms with Crippen molar-refractivity contribution in [3.63, 3.8) is 0 Å². The van der Waals surface area contributed by atoms with Crippen molar-refractivity contribution in [1.29, 1.82) is 0 Å². The molecule has 4 rings (SSSR count). The topological polar surface area (TPSA) is 62.3 Å². The van der Waals surface area contributed by atoms with E-state index in [1.165, 1.54) is 5.69 Å². The van der Waals surface area contributed by atoms with E-state index in [9.17, 15) is 9.59 Å². The van der Waals surface area contributed by atoms with E-state index in [1.54, 1.807) is 16.8 Å². The number of carbonyl (C=O) groups is 2. The second-order valence-electron chi connectivity index (χ2n) is 7.88. The summed E-state index contributed by atoms with van der Waals surface area (Å²) < 4.78 is 11.0. The van der Waals surface area contributed by atoms with Gasteiger partial charge in [0.15, 0.2) is 0 Å². The Kier molecular flexibility index (Phi) is 6.72. The highest BCUT2D eigenvalue weighted by Crippen LogP contribution is 2.31. The van der Waals surface area contributed by atoms with Crippen LogP contribution in [0.2, 0.25) is 0 Å². The van der Waals surface area contributed by atoms with Crippen LogP contribution in [-0.4, -0.2) is 63.2 Å². The molecule has 0 aromatic heterocycles. The fourth-order valence-corrected chi connectivity index (χ4v) is 3.96. The molecule has 1 fully saturated rings. The van der Waals surface area contributed by atoms with Crippen LogP contribution in [0, 0.1) is 0 Å². The van der Waals surface area contributed by atoms with E-state index in [0.29, 0.717) is 25.4 Å².